The number of aromatic nitrogens is 2. The van der Waals surface area contributed by atoms with Crippen molar-refractivity contribution in [3.8, 4) is 0 Å². The Morgan fingerprint density at radius 2 is 2.16 bits per heavy atom. The average Bonchev–Trinajstić information content (AvgIpc) is 3.03. The second kappa shape index (κ2) is 6.51. The fourth-order valence-corrected chi connectivity index (χ4v) is 3.06. The van der Waals surface area contributed by atoms with Crippen molar-refractivity contribution in [2.45, 2.75) is 64.8 Å². The van der Waals surface area contributed by atoms with Gasteiger partial charge in [-0.1, -0.05) is 32.3 Å². The molecule has 1 N–H and O–H groups in total. The van der Waals surface area contributed by atoms with Gasteiger partial charge in [-0.05, 0) is 38.1 Å². The summed E-state index contributed by atoms with van der Waals surface area (Å²) in [6, 6.07) is 0.403. The van der Waals surface area contributed by atoms with Crippen molar-refractivity contribution in [1.29, 1.82) is 0 Å². The highest BCUT2D eigenvalue weighted by molar-refractivity contribution is 5.00. The Balaban J connectivity index is 1.95. The van der Waals surface area contributed by atoms with Crippen LogP contribution < -0.4 is 5.32 Å². The Hall–Kier alpha value is -0.900. The lowest BCUT2D eigenvalue weighted by Gasteiger charge is -2.17. The van der Waals surface area contributed by atoms with E-state index < -0.39 is 0 Å². The van der Waals surface area contributed by atoms with Crippen molar-refractivity contribution in [3.05, 3.63) is 11.7 Å². The summed E-state index contributed by atoms with van der Waals surface area (Å²) in [5.74, 6) is 3.66. The summed E-state index contributed by atoms with van der Waals surface area (Å²) >= 11 is 0. The molecular weight excluding hydrogens is 238 g/mol. The van der Waals surface area contributed by atoms with Crippen LogP contribution in [0.15, 0.2) is 4.52 Å². The molecule has 4 nitrogen and oxygen atoms in total. The fourth-order valence-electron chi connectivity index (χ4n) is 3.06. The van der Waals surface area contributed by atoms with E-state index in [1.807, 2.05) is 7.05 Å². The first-order chi connectivity index (χ1) is 9.13. The summed E-state index contributed by atoms with van der Waals surface area (Å²) in [5.41, 5.74) is 0. The molecule has 0 bridgehead atoms. The first kappa shape index (κ1) is 14.5. The van der Waals surface area contributed by atoms with Gasteiger partial charge in [0.25, 0.3) is 0 Å². The van der Waals surface area contributed by atoms with Crippen LogP contribution in [0, 0.1) is 11.8 Å². The standard InChI is InChI=1S/C15H27N3O/c1-5-11-6-7-12(8-11)15-17-14(19-18-15)9-13(16-4)10(2)3/h10-13,16H,5-9H2,1-4H3. The summed E-state index contributed by atoms with van der Waals surface area (Å²) in [6.07, 6.45) is 5.86. The van der Waals surface area contributed by atoms with Gasteiger partial charge in [-0.2, -0.15) is 4.98 Å². The highest BCUT2D eigenvalue weighted by Crippen LogP contribution is 2.38. The second-order valence-corrected chi connectivity index (χ2v) is 6.17. The summed E-state index contributed by atoms with van der Waals surface area (Å²) in [7, 11) is 1.99. The van der Waals surface area contributed by atoms with Gasteiger partial charge in [0.2, 0.25) is 5.89 Å². The molecule has 0 aromatic carbocycles. The maximum Gasteiger partial charge on any atom is 0.228 e. The van der Waals surface area contributed by atoms with Crippen LogP contribution in [0.1, 0.15) is 64.1 Å². The number of nitrogens with zero attached hydrogens (tertiary/aromatic N) is 2. The molecule has 108 valence electrons. The van der Waals surface area contributed by atoms with Gasteiger partial charge in [0, 0.05) is 18.4 Å². The smallest absolute Gasteiger partial charge is 0.228 e. The SMILES string of the molecule is CCC1CCC(c2noc(CC(NC)C(C)C)n2)C1. The number of rotatable bonds is 6. The molecule has 1 aliphatic rings. The molecule has 1 fully saturated rings. The van der Waals surface area contributed by atoms with Crippen molar-refractivity contribution in [1.82, 2.24) is 15.5 Å². The van der Waals surface area contributed by atoms with Gasteiger partial charge in [0.1, 0.15) is 0 Å². The first-order valence-corrected chi connectivity index (χ1v) is 7.63. The number of hydrogen-bond acceptors (Lipinski definition) is 4. The van der Waals surface area contributed by atoms with Crippen molar-refractivity contribution >= 4 is 0 Å². The van der Waals surface area contributed by atoms with Crippen molar-refractivity contribution in [2.24, 2.45) is 11.8 Å². The van der Waals surface area contributed by atoms with Crippen LogP contribution in [-0.2, 0) is 6.42 Å². The molecule has 0 saturated heterocycles. The Labute approximate surface area is 116 Å². The Bertz CT molecular complexity index is 388. The van der Waals surface area contributed by atoms with Gasteiger partial charge in [0.05, 0.1) is 0 Å². The van der Waals surface area contributed by atoms with Crippen LogP contribution in [-0.4, -0.2) is 23.2 Å². The number of hydrogen-bond donors (Lipinski definition) is 1. The lowest BCUT2D eigenvalue weighted by atomic mass is 10.0. The van der Waals surface area contributed by atoms with Gasteiger partial charge >= 0.3 is 0 Å². The summed E-state index contributed by atoms with van der Waals surface area (Å²) in [4.78, 5) is 4.61. The maximum atomic E-state index is 5.43. The van der Waals surface area contributed by atoms with E-state index in [9.17, 15) is 0 Å². The van der Waals surface area contributed by atoms with Crippen LogP contribution in [0.3, 0.4) is 0 Å². The van der Waals surface area contributed by atoms with Crippen LogP contribution in [0.5, 0.6) is 0 Å². The number of nitrogens with one attached hydrogen (secondary N) is 1. The third-order valence-electron chi connectivity index (χ3n) is 4.54. The molecule has 0 aliphatic heterocycles. The van der Waals surface area contributed by atoms with Crippen LogP contribution in [0.2, 0.25) is 0 Å². The molecule has 19 heavy (non-hydrogen) atoms. The van der Waals surface area contributed by atoms with Gasteiger partial charge in [-0.15, -0.1) is 0 Å². The first-order valence-electron chi connectivity index (χ1n) is 7.63. The Morgan fingerprint density at radius 3 is 2.74 bits per heavy atom. The molecular formula is C15H27N3O. The molecule has 1 aromatic rings. The van der Waals surface area contributed by atoms with Crippen molar-refractivity contribution in [2.75, 3.05) is 7.05 Å². The minimum absolute atomic E-state index is 0.403. The quantitative estimate of drug-likeness (QED) is 0.858. The Kier molecular flexibility index (Phi) is 4.97. The topological polar surface area (TPSA) is 51.0 Å². The molecule has 0 radical (unpaired) electrons. The predicted molar refractivity (Wildman–Crippen MR) is 76.1 cm³/mol. The van der Waals surface area contributed by atoms with Gasteiger partial charge in [-0.25, -0.2) is 0 Å². The molecule has 2 rings (SSSR count). The lowest BCUT2D eigenvalue weighted by Crippen LogP contribution is -2.32. The van der Waals surface area contributed by atoms with Crippen molar-refractivity contribution in [3.63, 3.8) is 0 Å². The molecule has 4 heteroatoms. The van der Waals surface area contributed by atoms with Gasteiger partial charge < -0.3 is 9.84 Å². The number of likely N-dealkylation sites (N-methyl/N-ethyl adjacent to an activating group) is 1. The van der Waals surface area contributed by atoms with E-state index in [1.54, 1.807) is 0 Å². The van der Waals surface area contributed by atoms with Crippen molar-refractivity contribution < 1.29 is 4.52 Å². The summed E-state index contributed by atoms with van der Waals surface area (Å²) in [6.45, 7) is 6.69. The van der Waals surface area contributed by atoms with Gasteiger partial charge in [0.15, 0.2) is 5.82 Å². The minimum Gasteiger partial charge on any atom is -0.339 e. The molecule has 1 heterocycles. The zero-order valence-electron chi connectivity index (χ0n) is 12.6. The molecule has 0 amide bonds. The predicted octanol–water partition coefficient (Wildman–Crippen LogP) is 3.15. The molecule has 1 aliphatic carbocycles. The van der Waals surface area contributed by atoms with E-state index in [-0.39, 0.29) is 0 Å². The zero-order chi connectivity index (χ0) is 13.8. The molecule has 1 saturated carbocycles. The zero-order valence-corrected chi connectivity index (χ0v) is 12.6. The average molecular weight is 265 g/mol. The fraction of sp³-hybridized carbons (Fsp3) is 0.867. The normalized spacial score (nSPS) is 25.1. The van der Waals surface area contributed by atoms with E-state index in [0.29, 0.717) is 17.9 Å². The molecule has 3 unspecified atom stereocenters. The third-order valence-corrected chi connectivity index (χ3v) is 4.54. The lowest BCUT2D eigenvalue weighted by molar-refractivity contribution is 0.331. The van der Waals surface area contributed by atoms with Crippen LogP contribution in [0.4, 0.5) is 0 Å². The van der Waals surface area contributed by atoms with E-state index in [1.165, 1.54) is 25.7 Å². The monoisotopic (exact) mass is 265 g/mol. The van der Waals surface area contributed by atoms with Crippen LogP contribution >= 0.6 is 0 Å². The molecule has 3 atom stereocenters. The molecule has 0 spiro atoms. The van der Waals surface area contributed by atoms with E-state index in [4.69, 9.17) is 4.52 Å². The second-order valence-electron chi connectivity index (χ2n) is 6.17. The highest BCUT2D eigenvalue weighted by atomic mass is 16.5. The van der Waals surface area contributed by atoms with E-state index >= 15 is 0 Å². The third kappa shape index (κ3) is 3.56. The largest absolute Gasteiger partial charge is 0.339 e. The Morgan fingerprint density at radius 1 is 1.37 bits per heavy atom. The molecule has 1 aromatic heterocycles. The van der Waals surface area contributed by atoms with E-state index in [0.717, 1.165) is 24.1 Å². The van der Waals surface area contributed by atoms with E-state index in [2.05, 4.69) is 36.2 Å². The maximum absolute atomic E-state index is 5.43. The summed E-state index contributed by atoms with van der Waals surface area (Å²) < 4.78 is 5.43. The summed E-state index contributed by atoms with van der Waals surface area (Å²) in [5, 5.41) is 7.52. The van der Waals surface area contributed by atoms with Gasteiger partial charge in [-0.3, -0.25) is 0 Å². The highest BCUT2D eigenvalue weighted by Gasteiger charge is 2.28. The van der Waals surface area contributed by atoms with Crippen LogP contribution in [0.25, 0.3) is 0 Å². The minimum atomic E-state index is 0.403.